The Balaban J connectivity index is 1.63. The van der Waals surface area contributed by atoms with E-state index in [1.807, 2.05) is 11.8 Å². The standard InChI is InChI=1S/C15H21N3S/c1-2-12-11-19-15(16-12)17-13-5-7-14(8-6-13)18-9-3-4-10-18/h5-8,12H,2-4,9-11H2,1H3,(H,16,17). The zero-order valence-electron chi connectivity index (χ0n) is 11.4. The fraction of sp³-hybridized carbons (Fsp3) is 0.533. The molecule has 3 rings (SSSR count). The molecule has 2 aliphatic heterocycles. The summed E-state index contributed by atoms with van der Waals surface area (Å²) in [7, 11) is 0. The number of amidine groups is 1. The van der Waals surface area contributed by atoms with Crippen molar-refractivity contribution in [2.45, 2.75) is 32.2 Å². The molecule has 0 aromatic heterocycles. The summed E-state index contributed by atoms with van der Waals surface area (Å²) in [6, 6.07) is 9.25. The molecule has 1 N–H and O–H groups in total. The molecule has 0 aliphatic carbocycles. The Labute approximate surface area is 119 Å². The lowest BCUT2D eigenvalue weighted by molar-refractivity contribution is 0.738. The number of aliphatic imine (C=N–C) groups is 1. The van der Waals surface area contributed by atoms with Crippen LogP contribution in [0, 0.1) is 0 Å². The van der Waals surface area contributed by atoms with Crippen LogP contribution in [0.2, 0.25) is 0 Å². The van der Waals surface area contributed by atoms with Crippen molar-refractivity contribution in [3.8, 4) is 0 Å². The van der Waals surface area contributed by atoms with Crippen LogP contribution in [0.15, 0.2) is 29.3 Å². The van der Waals surface area contributed by atoms with Gasteiger partial charge >= 0.3 is 0 Å². The number of rotatable bonds is 3. The fourth-order valence-corrected chi connectivity index (χ4v) is 3.62. The molecule has 0 amide bonds. The monoisotopic (exact) mass is 275 g/mol. The van der Waals surface area contributed by atoms with Crippen LogP contribution in [-0.2, 0) is 0 Å². The smallest absolute Gasteiger partial charge is 0.161 e. The van der Waals surface area contributed by atoms with E-state index in [0.29, 0.717) is 6.04 Å². The summed E-state index contributed by atoms with van der Waals surface area (Å²) in [5.41, 5.74) is 2.49. The molecular weight excluding hydrogens is 254 g/mol. The summed E-state index contributed by atoms with van der Waals surface area (Å²) in [6.45, 7) is 4.60. The third-order valence-electron chi connectivity index (χ3n) is 3.77. The van der Waals surface area contributed by atoms with Crippen LogP contribution in [0.4, 0.5) is 11.4 Å². The van der Waals surface area contributed by atoms with E-state index in [4.69, 9.17) is 0 Å². The van der Waals surface area contributed by atoms with Gasteiger partial charge < -0.3 is 10.2 Å². The summed E-state index contributed by atoms with van der Waals surface area (Å²) < 4.78 is 0. The molecule has 0 bridgehead atoms. The van der Waals surface area contributed by atoms with E-state index >= 15 is 0 Å². The van der Waals surface area contributed by atoms with Gasteiger partial charge in [0.1, 0.15) is 0 Å². The van der Waals surface area contributed by atoms with Crippen molar-refractivity contribution in [3.63, 3.8) is 0 Å². The molecule has 0 saturated carbocycles. The zero-order valence-corrected chi connectivity index (χ0v) is 12.2. The van der Waals surface area contributed by atoms with Gasteiger partial charge in [0.2, 0.25) is 0 Å². The van der Waals surface area contributed by atoms with Gasteiger partial charge in [-0.25, -0.2) is 0 Å². The van der Waals surface area contributed by atoms with Gasteiger partial charge in [-0.1, -0.05) is 18.7 Å². The minimum Gasteiger partial charge on any atom is -0.372 e. The molecular formula is C15H21N3S. The molecule has 1 unspecified atom stereocenters. The zero-order chi connectivity index (χ0) is 13.1. The van der Waals surface area contributed by atoms with Crippen LogP contribution in [0.5, 0.6) is 0 Å². The average Bonchev–Trinajstić information content (AvgIpc) is 3.10. The second kappa shape index (κ2) is 5.87. The Morgan fingerprint density at radius 2 is 2.00 bits per heavy atom. The van der Waals surface area contributed by atoms with Crippen LogP contribution >= 0.6 is 11.8 Å². The lowest BCUT2D eigenvalue weighted by atomic mass is 10.2. The lowest BCUT2D eigenvalue weighted by Gasteiger charge is -2.17. The predicted molar refractivity (Wildman–Crippen MR) is 85.5 cm³/mol. The van der Waals surface area contributed by atoms with E-state index < -0.39 is 0 Å². The highest BCUT2D eigenvalue weighted by molar-refractivity contribution is 8.14. The highest BCUT2D eigenvalue weighted by Gasteiger charge is 2.16. The predicted octanol–water partition coefficient (Wildman–Crippen LogP) is 3.58. The van der Waals surface area contributed by atoms with E-state index in [1.54, 1.807) is 0 Å². The largest absolute Gasteiger partial charge is 0.372 e. The summed E-state index contributed by atoms with van der Waals surface area (Å²) in [4.78, 5) is 7.12. The molecule has 0 spiro atoms. The molecule has 1 fully saturated rings. The summed E-state index contributed by atoms with van der Waals surface area (Å²) in [5.74, 6) is 1.12. The Kier molecular flexibility index (Phi) is 3.97. The highest BCUT2D eigenvalue weighted by Crippen LogP contribution is 2.25. The number of nitrogens with zero attached hydrogens (tertiary/aromatic N) is 2. The van der Waals surface area contributed by atoms with Gasteiger partial charge in [-0.05, 0) is 43.5 Å². The maximum atomic E-state index is 4.66. The van der Waals surface area contributed by atoms with E-state index in [1.165, 1.54) is 31.6 Å². The third kappa shape index (κ3) is 3.06. The second-order valence-electron chi connectivity index (χ2n) is 5.17. The van der Waals surface area contributed by atoms with Crippen molar-refractivity contribution < 1.29 is 0 Å². The Morgan fingerprint density at radius 3 is 2.63 bits per heavy atom. The van der Waals surface area contributed by atoms with Crippen molar-refractivity contribution in [1.82, 2.24) is 0 Å². The Bertz CT molecular complexity index is 449. The summed E-state index contributed by atoms with van der Waals surface area (Å²) in [6.07, 6.45) is 3.78. The van der Waals surface area contributed by atoms with E-state index in [0.717, 1.165) is 23.0 Å². The first-order chi connectivity index (χ1) is 9.35. The van der Waals surface area contributed by atoms with E-state index in [9.17, 15) is 0 Å². The third-order valence-corrected chi connectivity index (χ3v) is 4.81. The SMILES string of the molecule is CCC1CSC(Nc2ccc(N3CCCC3)cc2)=N1. The quantitative estimate of drug-likeness (QED) is 0.913. The van der Waals surface area contributed by atoms with Gasteiger partial charge in [0, 0.05) is 30.2 Å². The number of hydrogen-bond donors (Lipinski definition) is 1. The molecule has 2 aliphatic rings. The number of nitrogens with one attached hydrogen (secondary N) is 1. The molecule has 3 nitrogen and oxygen atoms in total. The van der Waals surface area contributed by atoms with E-state index in [2.05, 4.69) is 46.4 Å². The molecule has 19 heavy (non-hydrogen) atoms. The van der Waals surface area contributed by atoms with Gasteiger partial charge in [0.25, 0.3) is 0 Å². The molecule has 1 aromatic rings. The first-order valence-electron chi connectivity index (χ1n) is 7.18. The Morgan fingerprint density at radius 1 is 1.26 bits per heavy atom. The molecule has 1 atom stereocenters. The summed E-state index contributed by atoms with van der Waals surface area (Å²) >= 11 is 1.83. The van der Waals surface area contributed by atoms with Gasteiger partial charge in [0.05, 0.1) is 6.04 Å². The summed E-state index contributed by atoms with van der Waals surface area (Å²) in [5, 5.41) is 4.49. The average molecular weight is 275 g/mol. The van der Waals surface area contributed by atoms with Gasteiger partial charge in [-0.3, -0.25) is 4.99 Å². The fourth-order valence-electron chi connectivity index (χ4n) is 2.55. The van der Waals surface area contributed by atoms with Crippen LogP contribution in [0.1, 0.15) is 26.2 Å². The van der Waals surface area contributed by atoms with Crippen LogP contribution in [0.25, 0.3) is 0 Å². The van der Waals surface area contributed by atoms with Crippen LogP contribution in [0.3, 0.4) is 0 Å². The molecule has 2 heterocycles. The maximum Gasteiger partial charge on any atom is 0.161 e. The van der Waals surface area contributed by atoms with Crippen molar-refractivity contribution in [2.24, 2.45) is 4.99 Å². The first-order valence-corrected chi connectivity index (χ1v) is 8.16. The molecule has 4 heteroatoms. The van der Waals surface area contributed by atoms with Crippen molar-refractivity contribution >= 4 is 28.3 Å². The number of hydrogen-bond acceptors (Lipinski definition) is 4. The van der Waals surface area contributed by atoms with Crippen LogP contribution < -0.4 is 10.2 Å². The topological polar surface area (TPSA) is 27.6 Å². The normalized spacial score (nSPS) is 22.7. The van der Waals surface area contributed by atoms with Crippen LogP contribution in [-0.4, -0.2) is 30.1 Å². The van der Waals surface area contributed by atoms with Gasteiger partial charge in [0.15, 0.2) is 5.17 Å². The number of thioether (sulfide) groups is 1. The van der Waals surface area contributed by atoms with Gasteiger partial charge in [-0.2, -0.15) is 0 Å². The second-order valence-corrected chi connectivity index (χ2v) is 6.18. The number of benzene rings is 1. The highest BCUT2D eigenvalue weighted by atomic mass is 32.2. The van der Waals surface area contributed by atoms with Crippen molar-refractivity contribution in [3.05, 3.63) is 24.3 Å². The molecule has 0 radical (unpaired) electrons. The molecule has 1 aromatic carbocycles. The van der Waals surface area contributed by atoms with Crippen molar-refractivity contribution in [1.29, 1.82) is 0 Å². The first kappa shape index (κ1) is 12.9. The lowest BCUT2D eigenvalue weighted by Crippen LogP contribution is -2.17. The van der Waals surface area contributed by atoms with E-state index in [-0.39, 0.29) is 0 Å². The molecule has 1 saturated heterocycles. The maximum absolute atomic E-state index is 4.66. The Hall–Kier alpha value is -1.16. The number of anilines is 2. The minimum atomic E-state index is 0.497. The molecule has 102 valence electrons. The van der Waals surface area contributed by atoms with Crippen molar-refractivity contribution in [2.75, 3.05) is 29.1 Å². The minimum absolute atomic E-state index is 0.497. The van der Waals surface area contributed by atoms with Gasteiger partial charge in [-0.15, -0.1) is 0 Å².